The number of nitrogens with one attached hydrogen (secondary N) is 1. The van der Waals surface area contributed by atoms with Crippen LogP contribution in [-0.2, 0) is 0 Å². The Morgan fingerprint density at radius 2 is 1.54 bits per heavy atom. The standard InChI is InChI=1S/C19H21NO4/c21-17-15(20-19(23)13-7-3-1-4-8-13)11-12-16(18(17)22)24-14-9-5-2-6-10-14/h1-10,15-18,21-22H,11-12H2,(H,20,23)/t15-,16-,17-,18-/m1/s1. The fourth-order valence-corrected chi connectivity index (χ4v) is 2.94. The molecule has 1 aliphatic rings. The van der Waals surface area contributed by atoms with Crippen molar-refractivity contribution in [1.82, 2.24) is 5.32 Å². The van der Waals surface area contributed by atoms with Crippen LogP contribution in [0.2, 0.25) is 0 Å². The molecule has 0 spiro atoms. The highest BCUT2D eigenvalue weighted by Crippen LogP contribution is 2.25. The molecule has 0 aliphatic heterocycles. The Hall–Kier alpha value is -2.37. The van der Waals surface area contributed by atoms with E-state index in [0.717, 1.165) is 0 Å². The maximum Gasteiger partial charge on any atom is 0.251 e. The Morgan fingerprint density at radius 1 is 0.917 bits per heavy atom. The smallest absolute Gasteiger partial charge is 0.251 e. The number of carbonyl (C=O) groups excluding carboxylic acids is 1. The van der Waals surface area contributed by atoms with E-state index >= 15 is 0 Å². The highest BCUT2D eigenvalue weighted by Gasteiger charge is 2.39. The molecule has 3 rings (SSSR count). The van der Waals surface area contributed by atoms with Gasteiger partial charge in [-0.3, -0.25) is 4.79 Å². The van der Waals surface area contributed by atoms with E-state index in [9.17, 15) is 15.0 Å². The summed E-state index contributed by atoms with van der Waals surface area (Å²) in [5, 5.41) is 23.5. The monoisotopic (exact) mass is 327 g/mol. The maximum absolute atomic E-state index is 12.2. The van der Waals surface area contributed by atoms with Gasteiger partial charge >= 0.3 is 0 Å². The Labute approximate surface area is 140 Å². The van der Waals surface area contributed by atoms with E-state index in [1.807, 2.05) is 36.4 Å². The summed E-state index contributed by atoms with van der Waals surface area (Å²) in [5.41, 5.74) is 0.529. The number of ether oxygens (including phenoxy) is 1. The molecule has 3 N–H and O–H groups in total. The summed E-state index contributed by atoms with van der Waals surface area (Å²) < 4.78 is 5.75. The number of aliphatic hydroxyl groups excluding tert-OH is 2. The zero-order valence-electron chi connectivity index (χ0n) is 13.2. The number of para-hydroxylation sites is 1. The van der Waals surface area contributed by atoms with Gasteiger partial charge in [-0.1, -0.05) is 36.4 Å². The van der Waals surface area contributed by atoms with Crippen LogP contribution in [0.15, 0.2) is 60.7 Å². The van der Waals surface area contributed by atoms with E-state index in [-0.39, 0.29) is 5.91 Å². The van der Waals surface area contributed by atoms with Crippen molar-refractivity contribution in [1.29, 1.82) is 0 Å². The first-order chi connectivity index (χ1) is 11.6. The second-order valence-electron chi connectivity index (χ2n) is 5.97. The second kappa shape index (κ2) is 7.47. The molecule has 4 atom stereocenters. The van der Waals surface area contributed by atoms with Gasteiger partial charge in [0.25, 0.3) is 5.91 Å². The number of hydrogen-bond donors (Lipinski definition) is 3. The van der Waals surface area contributed by atoms with Crippen molar-refractivity contribution in [3.63, 3.8) is 0 Å². The van der Waals surface area contributed by atoms with E-state index < -0.39 is 24.4 Å². The highest BCUT2D eigenvalue weighted by atomic mass is 16.5. The quantitative estimate of drug-likeness (QED) is 0.799. The summed E-state index contributed by atoms with van der Waals surface area (Å²) in [6.07, 6.45) is -1.53. The molecule has 0 heterocycles. The van der Waals surface area contributed by atoms with Gasteiger partial charge in [-0.25, -0.2) is 0 Å². The van der Waals surface area contributed by atoms with Crippen LogP contribution < -0.4 is 10.1 Å². The normalized spacial score (nSPS) is 26.6. The predicted octanol–water partition coefficient (Wildman–Crippen LogP) is 1.75. The van der Waals surface area contributed by atoms with E-state index in [4.69, 9.17) is 4.74 Å². The van der Waals surface area contributed by atoms with E-state index in [1.54, 1.807) is 24.3 Å². The molecule has 2 aromatic rings. The maximum atomic E-state index is 12.2. The number of amides is 1. The second-order valence-corrected chi connectivity index (χ2v) is 5.97. The Balaban J connectivity index is 1.60. The molecule has 1 fully saturated rings. The molecular formula is C19H21NO4. The topological polar surface area (TPSA) is 78.8 Å². The minimum Gasteiger partial charge on any atom is -0.488 e. The van der Waals surface area contributed by atoms with Gasteiger partial charge < -0.3 is 20.3 Å². The number of aliphatic hydroxyl groups is 2. The lowest BCUT2D eigenvalue weighted by atomic mass is 9.87. The van der Waals surface area contributed by atoms with Gasteiger partial charge in [0.15, 0.2) is 0 Å². The lowest BCUT2D eigenvalue weighted by molar-refractivity contribution is -0.0874. The minimum absolute atomic E-state index is 0.255. The highest BCUT2D eigenvalue weighted by molar-refractivity contribution is 5.94. The van der Waals surface area contributed by atoms with Gasteiger partial charge in [-0.05, 0) is 37.1 Å². The molecule has 0 radical (unpaired) electrons. The summed E-state index contributed by atoms with van der Waals surface area (Å²) >= 11 is 0. The summed E-state index contributed by atoms with van der Waals surface area (Å²) in [6, 6.07) is 17.5. The predicted molar refractivity (Wildman–Crippen MR) is 89.8 cm³/mol. The molecule has 24 heavy (non-hydrogen) atoms. The van der Waals surface area contributed by atoms with E-state index in [2.05, 4.69) is 5.32 Å². The molecule has 1 aliphatic carbocycles. The fourth-order valence-electron chi connectivity index (χ4n) is 2.94. The van der Waals surface area contributed by atoms with Gasteiger partial charge in [-0.2, -0.15) is 0 Å². The van der Waals surface area contributed by atoms with Crippen molar-refractivity contribution >= 4 is 5.91 Å². The van der Waals surface area contributed by atoms with Crippen molar-refractivity contribution in [2.24, 2.45) is 0 Å². The minimum atomic E-state index is -1.07. The largest absolute Gasteiger partial charge is 0.488 e. The molecule has 5 heteroatoms. The first-order valence-corrected chi connectivity index (χ1v) is 8.09. The van der Waals surface area contributed by atoms with Gasteiger partial charge in [0.1, 0.15) is 24.1 Å². The van der Waals surface area contributed by atoms with Crippen LogP contribution in [-0.4, -0.2) is 40.5 Å². The van der Waals surface area contributed by atoms with Gasteiger partial charge in [0.05, 0.1) is 6.04 Å². The third-order valence-corrected chi connectivity index (χ3v) is 4.29. The molecule has 0 aromatic heterocycles. The third-order valence-electron chi connectivity index (χ3n) is 4.29. The van der Waals surface area contributed by atoms with Crippen molar-refractivity contribution in [2.75, 3.05) is 0 Å². The SMILES string of the molecule is O=C(N[C@@H]1CC[C@@H](Oc2ccccc2)[C@@H](O)[C@@H]1O)c1ccccc1. The van der Waals surface area contributed by atoms with Crippen LogP contribution in [0.3, 0.4) is 0 Å². The molecule has 0 unspecified atom stereocenters. The molecular weight excluding hydrogens is 306 g/mol. The summed E-state index contributed by atoms with van der Waals surface area (Å²) in [4.78, 5) is 12.2. The van der Waals surface area contributed by atoms with Crippen molar-refractivity contribution in [3.05, 3.63) is 66.2 Å². The summed E-state index contributed by atoms with van der Waals surface area (Å²) in [6.45, 7) is 0. The van der Waals surface area contributed by atoms with Gasteiger partial charge in [0, 0.05) is 5.56 Å². The molecule has 2 aromatic carbocycles. The average Bonchev–Trinajstić information content (AvgIpc) is 2.63. The summed E-state index contributed by atoms with van der Waals surface area (Å²) in [5.74, 6) is 0.398. The number of rotatable bonds is 4. The van der Waals surface area contributed by atoms with Crippen LogP contribution in [0, 0.1) is 0 Å². The Morgan fingerprint density at radius 3 is 2.21 bits per heavy atom. The fraction of sp³-hybridized carbons (Fsp3) is 0.316. The Kier molecular flexibility index (Phi) is 5.13. The number of hydrogen-bond acceptors (Lipinski definition) is 4. The average molecular weight is 327 g/mol. The van der Waals surface area contributed by atoms with Crippen LogP contribution in [0.4, 0.5) is 0 Å². The lowest BCUT2D eigenvalue weighted by Gasteiger charge is -2.37. The van der Waals surface area contributed by atoms with Crippen molar-refractivity contribution in [2.45, 2.75) is 37.2 Å². The molecule has 0 bridgehead atoms. The van der Waals surface area contributed by atoms with Crippen molar-refractivity contribution < 1.29 is 19.7 Å². The first-order valence-electron chi connectivity index (χ1n) is 8.09. The zero-order valence-corrected chi connectivity index (χ0v) is 13.2. The van der Waals surface area contributed by atoms with E-state index in [0.29, 0.717) is 24.2 Å². The third kappa shape index (κ3) is 3.75. The van der Waals surface area contributed by atoms with Crippen molar-refractivity contribution in [3.8, 4) is 5.75 Å². The number of benzene rings is 2. The van der Waals surface area contributed by atoms with Gasteiger partial charge in [0.2, 0.25) is 0 Å². The first kappa shape index (κ1) is 16.5. The molecule has 5 nitrogen and oxygen atoms in total. The lowest BCUT2D eigenvalue weighted by Crippen LogP contribution is -2.57. The van der Waals surface area contributed by atoms with Crippen LogP contribution in [0.25, 0.3) is 0 Å². The molecule has 126 valence electrons. The van der Waals surface area contributed by atoms with E-state index in [1.165, 1.54) is 0 Å². The molecule has 0 saturated heterocycles. The summed E-state index contributed by atoms with van der Waals surface area (Å²) in [7, 11) is 0. The van der Waals surface area contributed by atoms with Crippen LogP contribution >= 0.6 is 0 Å². The van der Waals surface area contributed by atoms with Gasteiger partial charge in [-0.15, -0.1) is 0 Å². The molecule has 1 amide bonds. The van der Waals surface area contributed by atoms with Crippen LogP contribution in [0.5, 0.6) is 5.75 Å². The van der Waals surface area contributed by atoms with Crippen LogP contribution in [0.1, 0.15) is 23.2 Å². The number of carbonyl (C=O) groups is 1. The zero-order chi connectivity index (χ0) is 16.9. The Bertz CT molecular complexity index is 662. The molecule has 1 saturated carbocycles.